The molecule has 0 aliphatic heterocycles. The van der Waals surface area contributed by atoms with Crippen LogP contribution in [0.25, 0.3) is 17.0 Å². The van der Waals surface area contributed by atoms with Crippen LogP contribution in [0.1, 0.15) is 30.5 Å². The van der Waals surface area contributed by atoms with Gasteiger partial charge < -0.3 is 5.41 Å². The van der Waals surface area contributed by atoms with Gasteiger partial charge in [-0.2, -0.15) is 10.4 Å². The number of benzene rings is 1. The summed E-state index contributed by atoms with van der Waals surface area (Å²) in [6.07, 6.45) is 10.5. The van der Waals surface area contributed by atoms with Crippen molar-refractivity contribution in [1.29, 1.82) is 10.7 Å². The fourth-order valence-electron chi connectivity index (χ4n) is 3.66. The van der Waals surface area contributed by atoms with Crippen molar-refractivity contribution in [2.75, 3.05) is 7.05 Å². The van der Waals surface area contributed by atoms with Gasteiger partial charge in [0.2, 0.25) is 0 Å². The number of nitriles is 1. The topological polar surface area (TPSA) is 108 Å². The third kappa shape index (κ3) is 3.62. The molecule has 0 saturated carbocycles. The van der Waals surface area contributed by atoms with E-state index in [0.717, 1.165) is 16.8 Å². The Bertz CT molecular complexity index is 1280. The lowest BCUT2D eigenvalue weighted by molar-refractivity contribution is 0.361. The number of rotatable bonds is 7. The molecular formula is C23H22N8. The van der Waals surface area contributed by atoms with Crippen molar-refractivity contribution in [1.82, 2.24) is 24.1 Å². The van der Waals surface area contributed by atoms with Gasteiger partial charge in [-0.25, -0.2) is 9.97 Å². The molecule has 0 radical (unpaired) electrons. The monoisotopic (exact) mass is 410 g/mol. The molecule has 0 amide bonds. The minimum atomic E-state index is -0.619. The quantitative estimate of drug-likeness (QED) is 0.469. The first-order valence-corrected chi connectivity index (χ1v) is 9.85. The Morgan fingerprint density at radius 3 is 2.84 bits per heavy atom. The van der Waals surface area contributed by atoms with E-state index in [9.17, 15) is 5.26 Å². The molecule has 0 fully saturated rings. The highest BCUT2D eigenvalue weighted by atomic mass is 15.3. The normalized spacial score (nSPS) is 14.4. The molecule has 8 nitrogen and oxygen atoms in total. The highest BCUT2D eigenvalue weighted by Gasteiger charge is 2.30. The molecule has 0 aliphatic carbocycles. The minimum absolute atomic E-state index is 0.273. The lowest BCUT2D eigenvalue weighted by Crippen LogP contribution is -2.31. The van der Waals surface area contributed by atoms with E-state index in [0.29, 0.717) is 11.5 Å². The summed E-state index contributed by atoms with van der Waals surface area (Å²) >= 11 is 0. The van der Waals surface area contributed by atoms with E-state index in [1.165, 1.54) is 6.21 Å². The standard InChI is InChI=1S/C23H22N8/c1-23(8-9-24,19-6-4-3-5-7-19)31-16-18(15-28-31)22-29-20(17(13-25)14-26-2)12-21-27-10-11-30(21)22/h3-7,10-17,25H,8H2,1-2H3. The van der Waals surface area contributed by atoms with E-state index in [4.69, 9.17) is 10.4 Å². The number of aromatic nitrogens is 5. The molecule has 8 heteroatoms. The second-order valence-electron chi connectivity index (χ2n) is 7.41. The van der Waals surface area contributed by atoms with E-state index in [1.807, 2.05) is 64.8 Å². The molecular weight excluding hydrogens is 388 g/mol. The fourth-order valence-corrected chi connectivity index (χ4v) is 3.66. The van der Waals surface area contributed by atoms with Crippen molar-refractivity contribution in [3.8, 4) is 17.5 Å². The van der Waals surface area contributed by atoms with Gasteiger partial charge in [0.25, 0.3) is 0 Å². The zero-order valence-electron chi connectivity index (χ0n) is 17.3. The summed E-state index contributed by atoms with van der Waals surface area (Å²) in [6.45, 7) is 2.00. The first-order valence-electron chi connectivity index (χ1n) is 9.85. The Labute approximate surface area is 180 Å². The highest BCUT2D eigenvalue weighted by Crippen LogP contribution is 2.31. The number of hydrogen-bond acceptors (Lipinski definition) is 6. The van der Waals surface area contributed by atoms with Crippen molar-refractivity contribution >= 4 is 18.1 Å². The van der Waals surface area contributed by atoms with Gasteiger partial charge in [0, 0.05) is 44.1 Å². The molecule has 2 atom stereocenters. The van der Waals surface area contributed by atoms with Gasteiger partial charge >= 0.3 is 0 Å². The van der Waals surface area contributed by atoms with Gasteiger partial charge in [0.15, 0.2) is 0 Å². The van der Waals surface area contributed by atoms with Crippen LogP contribution in [0.5, 0.6) is 0 Å². The van der Waals surface area contributed by atoms with E-state index in [1.54, 1.807) is 25.7 Å². The predicted molar refractivity (Wildman–Crippen MR) is 120 cm³/mol. The first-order chi connectivity index (χ1) is 15.1. The molecule has 4 rings (SSSR count). The molecule has 1 N–H and O–H groups in total. The molecule has 0 spiro atoms. The third-order valence-corrected chi connectivity index (χ3v) is 5.41. The second-order valence-corrected chi connectivity index (χ2v) is 7.41. The maximum atomic E-state index is 9.49. The minimum Gasteiger partial charge on any atom is -0.312 e. The number of hydrogen-bond donors (Lipinski definition) is 1. The number of imidazole rings is 1. The summed E-state index contributed by atoms with van der Waals surface area (Å²) in [6, 6.07) is 14.0. The van der Waals surface area contributed by atoms with Crippen molar-refractivity contribution in [2.24, 2.45) is 4.99 Å². The van der Waals surface area contributed by atoms with E-state index >= 15 is 0 Å². The van der Waals surface area contributed by atoms with Crippen molar-refractivity contribution in [3.05, 3.63) is 72.4 Å². The van der Waals surface area contributed by atoms with Crippen molar-refractivity contribution in [3.63, 3.8) is 0 Å². The Morgan fingerprint density at radius 2 is 2.13 bits per heavy atom. The third-order valence-electron chi connectivity index (χ3n) is 5.41. The zero-order chi connectivity index (χ0) is 21.8. The van der Waals surface area contributed by atoms with Crippen LogP contribution in [0.15, 0.2) is 66.2 Å². The maximum Gasteiger partial charge on any atom is 0.149 e. The van der Waals surface area contributed by atoms with Crippen LogP contribution < -0.4 is 0 Å². The lowest BCUT2D eigenvalue weighted by atomic mass is 9.89. The van der Waals surface area contributed by atoms with Gasteiger partial charge in [0.05, 0.1) is 41.4 Å². The van der Waals surface area contributed by atoms with Gasteiger partial charge in [-0.15, -0.1) is 0 Å². The Hall–Kier alpha value is -4.12. The molecule has 154 valence electrons. The van der Waals surface area contributed by atoms with Crippen LogP contribution in [0, 0.1) is 16.7 Å². The van der Waals surface area contributed by atoms with Crippen LogP contribution in [-0.4, -0.2) is 43.6 Å². The molecule has 1 aromatic carbocycles. The second kappa shape index (κ2) is 8.32. The Balaban J connectivity index is 1.84. The number of nitrogens with zero attached hydrogens (tertiary/aromatic N) is 7. The number of aliphatic imine (C=N–C) groups is 1. The Kier molecular flexibility index (Phi) is 5.41. The summed E-state index contributed by atoms with van der Waals surface area (Å²) < 4.78 is 3.71. The van der Waals surface area contributed by atoms with Crippen molar-refractivity contribution < 1.29 is 0 Å². The highest BCUT2D eigenvalue weighted by molar-refractivity contribution is 5.88. The molecule has 31 heavy (non-hydrogen) atoms. The summed E-state index contributed by atoms with van der Waals surface area (Å²) in [5.41, 5.74) is 2.59. The largest absolute Gasteiger partial charge is 0.312 e. The predicted octanol–water partition coefficient (Wildman–Crippen LogP) is 3.70. The average Bonchev–Trinajstić information content (AvgIpc) is 3.47. The van der Waals surface area contributed by atoms with Gasteiger partial charge in [-0.3, -0.25) is 14.1 Å². The molecule has 0 bridgehead atoms. The van der Waals surface area contributed by atoms with Crippen LogP contribution in [-0.2, 0) is 5.54 Å². The molecule has 0 aliphatic rings. The fraction of sp³-hybridized carbons (Fsp3) is 0.217. The van der Waals surface area contributed by atoms with Crippen molar-refractivity contribution in [2.45, 2.75) is 24.8 Å². The number of nitrogens with one attached hydrogen (secondary N) is 1. The summed E-state index contributed by atoms with van der Waals surface area (Å²) in [4.78, 5) is 13.3. The molecule has 3 heterocycles. The molecule has 2 unspecified atom stereocenters. The summed E-state index contributed by atoms with van der Waals surface area (Å²) in [5.74, 6) is 0.327. The molecule has 3 aromatic heterocycles. The SMILES string of the molecule is CN=CC(C=N)c1cc2nccn2c(-c2cnn(C(C)(CC#N)c3ccccc3)c2)n1. The van der Waals surface area contributed by atoms with Gasteiger partial charge in [-0.05, 0) is 12.5 Å². The van der Waals surface area contributed by atoms with Crippen LogP contribution >= 0.6 is 0 Å². The number of fused-ring (bicyclic) bond motifs is 1. The smallest absolute Gasteiger partial charge is 0.149 e. The zero-order valence-corrected chi connectivity index (χ0v) is 17.3. The summed E-state index contributed by atoms with van der Waals surface area (Å²) in [5, 5.41) is 21.8. The van der Waals surface area contributed by atoms with Gasteiger partial charge in [0.1, 0.15) is 11.5 Å². The average molecular weight is 410 g/mol. The van der Waals surface area contributed by atoms with Crippen LogP contribution in [0.3, 0.4) is 0 Å². The van der Waals surface area contributed by atoms with E-state index in [-0.39, 0.29) is 12.3 Å². The van der Waals surface area contributed by atoms with E-state index in [2.05, 4.69) is 21.1 Å². The first kappa shape index (κ1) is 20.2. The lowest BCUT2D eigenvalue weighted by Gasteiger charge is -2.28. The van der Waals surface area contributed by atoms with E-state index < -0.39 is 5.54 Å². The molecule has 0 saturated heterocycles. The van der Waals surface area contributed by atoms with Crippen LogP contribution in [0.4, 0.5) is 0 Å². The Morgan fingerprint density at radius 1 is 1.32 bits per heavy atom. The maximum absolute atomic E-state index is 9.49. The van der Waals surface area contributed by atoms with Crippen LogP contribution in [0.2, 0.25) is 0 Å². The summed E-state index contributed by atoms with van der Waals surface area (Å²) in [7, 11) is 1.68. The molecule has 4 aromatic rings. The van der Waals surface area contributed by atoms with Gasteiger partial charge in [-0.1, -0.05) is 30.3 Å².